The van der Waals surface area contributed by atoms with Crippen LogP contribution in [0, 0.1) is 0 Å². The number of nitrogens with zero attached hydrogens (tertiary/aromatic N) is 2. The van der Waals surface area contributed by atoms with E-state index >= 15 is 0 Å². The molecule has 2 rings (SSSR count). The van der Waals surface area contributed by atoms with Gasteiger partial charge in [0, 0.05) is 17.7 Å². The molecule has 0 saturated heterocycles. The molecule has 0 bridgehead atoms. The predicted molar refractivity (Wildman–Crippen MR) is 83.1 cm³/mol. The molecule has 108 valence electrons. The van der Waals surface area contributed by atoms with E-state index in [9.17, 15) is 14.7 Å². The van der Waals surface area contributed by atoms with Gasteiger partial charge in [0.2, 0.25) is 0 Å². The Balaban J connectivity index is 2.45. The summed E-state index contributed by atoms with van der Waals surface area (Å²) in [5.74, 6) is -1.55. The minimum absolute atomic E-state index is 0.0347. The summed E-state index contributed by atoms with van der Waals surface area (Å²) >= 11 is 9.15. The van der Waals surface area contributed by atoms with Gasteiger partial charge in [-0.2, -0.15) is 0 Å². The maximum atomic E-state index is 12.5. The number of aromatic nitrogens is 1. The summed E-state index contributed by atoms with van der Waals surface area (Å²) in [5.41, 5.74) is 0.507. The first-order chi connectivity index (χ1) is 9.91. The van der Waals surface area contributed by atoms with Gasteiger partial charge in [-0.3, -0.25) is 4.79 Å². The topological polar surface area (TPSA) is 70.5 Å². The van der Waals surface area contributed by atoms with Crippen molar-refractivity contribution in [3.05, 3.63) is 57.3 Å². The van der Waals surface area contributed by atoms with Gasteiger partial charge in [0.1, 0.15) is 5.15 Å². The second-order valence-electron chi connectivity index (χ2n) is 4.18. The Morgan fingerprint density at radius 1 is 1.29 bits per heavy atom. The largest absolute Gasteiger partial charge is 0.478 e. The molecule has 0 radical (unpaired) electrons. The number of aromatic carboxylic acids is 1. The third kappa shape index (κ3) is 3.22. The molecule has 0 aliphatic rings. The first kappa shape index (κ1) is 15.5. The molecule has 7 heteroatoms. The predicted octanol–water partition coefficient (Wildman–Crippen LogP) is 3.47. The van der Waals surface area contributed by atoms with Crippen LogP contribution in [0.1, 0.15) is 20.7 Å². The van der Waals surface area contributed by atoms with E-state index in [4.69, 9.17) is 11.6 Å². The fourth-order valence-electron chi connectivity index (χ4n) is 1.81. The van der Waals surface area contributed by atoms with Crippen molar-refractivity contribution in [1.82, 2.24) is 4.98 Å². The molecule has 1 aromatic carbocycles. The van der Waals surface area contributed by atoms with Gasteiger partial charge < -0.3 is 10.0 Å². The summed E-state index contributed by atoms with van der Waals surface area (Å²) in [6, 6.07) is 7.78. The Hall–Kier alpha value is -1.92. The lowest BCUT2D eigenvalue weighted by molar-refractivity contribution is 0.0697. The molecule has 1 N–H and O–H groups in total. The van der Waals surface area contributed by atoms with Crippen LogP contribution in [0.15, 0.2) is 41.0 Å². The number of hydrogen-bond acceptors (Lipinski definition) is 3. The van der Waals surface area contributed by atoms with Crippen LogP contribution < -0.4 is 4.90 Å². The zero-order valence-electron chi connectivity index (χ0n) is 10.9. The van der Waals surface area contributed by atoms with Gasteiger partial charge in [-0.25, -0.2) is 9.78 Å². The second kappa shape index (κ2) is 6.24. The average molecular weight is 370 g/mol. The molecule has 0 atom stereocenters. The number of carbonyl (C=O) groups is 2. The number of carboxylic acid groups (broad SMARTS) is 1. The van der Waals surface area contributed by atoms with Crippen LogP contribution in [-0.2, 0) is 0 Å². The van der Waals surface area contributed by atoms with Gasteiger partial charge in [-0.05, 0) is 34.1 Å². The summed E-state index contributed by atoms with van der Waals surface area (Å²) in [6.07, 6.45) is 1.48. The van der Waals surface area contributed by atoms with E-state index in [-0.39, 0.29) is 22.0 Å². The minimum atomic E-state index is -1.11. The molecule has 2 aromatic rings. The van der Waals surface area contributed by atoms with Crippen LogP contribution in [0.3, 0.4) is 0 Å². The van der Waals surface area contributed by atoms with Crippen molar-refractivity contribution in [2.75, 3.05) is 11.9 Å². The monoisotopic (exact) mass is 368 g/mol. The van der Waals surface area contributed by atoms with Crippen LogP contribution in [0.5, 0.6) is 0 Å². The average Bonchev–Trinajstić information content (AvgIpc) is 2.48. The van der Waals surface area contributed by atoms with Crippen molar-refractivity contribution in [1.29, 1.82) is 0 Å². The maximum absolute atomic E-state index is 12.5. The number of para-hydroxylation sites is 1. The highest BCUT2D eigenvalue weighted by Gasteiger charge is 2.21. The van der Waals surface area contributed by atoms with Gasteiger partial charge >= 0.3 is 5.97 Å². The molecule has 21 heavy (non-hydrogen) atoms. The molecular weight excluding hydrogens is 360 g/mol. The van der Waals surface area contributed by atoms with Crippen molar-refractivity contribution in [3.8, 4) is 0 Å². The minimum Gasteiger partial charge on any atom is -0.478 e. The van der Waals surface area contributed by atoms with Crippen molar-refractivity contribution < 1.29 is 14.7 Å². The Morgan fingerprint density at radius 3 is 2.62 bits per heavy atom. The normalized spacial score (nSPS) is 10.2. The Morgan fingerprint density at radius 2 is 1.95 bits per heavy atom. The van der Waals surface area contributed by atoms with E-state index in [2.05, 4.69) is 20.9 Å². The number of hydrogen-bond donors (Lipinski definition) is 1. The highest BCUT2D eigenvalue weighted by atomic mass is 79.9. The standard InChI is InChI=1S/C14H10BrClN2O3/c1-18(11-5-3-2-4-9(11)14(20)21)13(19)10-6-8(15)7-17-12(10)16/h2-7H,1H3,(H,20,21). The molecule has 5 nitrogen and oxygen atoms in total. The van der Waals surface area contributed by atoms with Gasteiger partial charge in [0.25, 0.3) is 5.91 Å². The second-order valence-corrected chi connectivity index (χ2v) is 5.45. The Bertz CT molecular complexity index is 721. The molecule has 1 aromatic heterocycles. The van der Waals surface area contributed by atoms with Crippen LogP contribution in [0.25, 0.3) is 0 Å². The lowest BCUT2D eigenvalue weighted by Crippen LogP contribution is -2.28. The third-order valence-electron chi connectivity index (χ3n) is 2.84. The fraction of sp³-hybridized carbons (Fsp3) is 0.0714. The smallest absolute Gasteiger partial charge is 0.337 e. The van der Waals surface area contributed by atoms with Gasteiger partial charge in [-0.15, -0.1) is 0 Å². The highest BCUT2D eigenvalue weighted by molar-refractivity contribution is 9.10. The zero-order valence-corrected chi connectivity index (χ0v) is 13.2. The number of amides is 1. The number of benzene rings is 1. The Labute approximate surface area is 134 Å². The molecule has 0 spiro atoms. The number of carboxylic acids is 1. The van der Waals surface area contributed by atoms with E-state index in [0.29, 0.717) is 4.47 Å². The first-order valence-corrected chi connectivity index (χ1v) is 7.00. The molecule has 0 aliphatic heterocycles. The lowest BCUT2D eigenvalue weighted by Gasteiger charge is -2.19. The maximum Gasteiger partial charge on any atom is 0.337 e. The number of carbonyl (C=O) groups excluding carboxylic acids is 1. The summed E-state index contributed by atoms with van der Waals surface area (Å²) in [7, 11) is 1.49. The fourth-order valence-corrected chi connectivity index (χ4v) is 2.33. The molecule has 0 fully saturated rings. The lowest BCUT2D eigenvalue weighted by atomic mass is 10.1. The zero-order chi connectivity index (χ0) is 15.6. The number of anilines is 1. The molecule has 1 heterocycles. The Kier molecular flexibility index (Phi) is 4.59. The van der Waals surface area contributed by atoms with E-state index in [1.54, 1.807) is 18.2 Å². The van der Waals surface area contributed by atoms with Crippen LogP contribution in [0.2, 0.25) is 5.15 Å². The van der Waals surface area contributed by atoms with Crippen molar-refractivity contribution in [3.63, 3.8) is 0 Å². The summed E-state index contributed by atoms with van der Waals surface area (Å²) < 4.78 is 0.607. The molecule has 0 unspecified atom stereocenters. The van der Waals surface area contributed by atoms with Crippen LogP contribution in [0.4, 0.5) is 5.69 Å². The van der Waals surface area contributed by atoms with Crippen molar-refractivity contribution in [2.24, 2.45) is 0 Å². The highest BCUT2D eigenvalue weighted by Crippen LogP contribution is 2.24. The number of pyridine rings is 1. The van der Waals surface area contributed by atoms with Crippen molar-refractivity contribution in [2.45, 2.75) is 0 Å². The number of halogens is 2. The van der Waals surface area contributed by atoms with Gasteiger partial charge in [0.05, 0.1) is 16.8 Å². The molecule has 0 aliphatic carbocycles. The van der Waals surface area contributed by atoms with Crippen molar-refractivity contribution >= 4 is 45.1 Å². The summed E-state index contributed by atoms with van der Waals surface area (Å²) in [4.78, 5) is 28.8. The quantitative estimate of drug-likeness (QED) is 0.841. The van der Waals surface area contributed by atoms with Crippen LogP contribution >= 0.6 is 27.5 Å². The van der Waals surface area contributed by atoms with E-state index in [0.717, 1.165) is 0 Å². The van der Waals surface area contributed by atoms with E-state index in [1.165, 1.54) is 30.3 Å². The first-order valence-electron chi connectivity index (χ1n) is 5.83. The molecule has 1 amide bonds. The van der Waals surface area contributed by atoms with E-state index < -0.39 is 11.9 Å². The molecule has 0 saturated carbocycles. The summed E-state index contributed by atoms with van der Waals surface area (Å²) in [6.45, 7) is 0. The van der Waals surface area contributed by atoms with Crippen LogP contribution in [-0.4, -0.2) is 29.0 Å². The van der Waals surface area contributed by atoms with Gasteiger partial charge in [0.15, 0.2) is 0 Å². The van der Waals surface area contributed by atoms with Gasteiger partial charge in [-0.1, -0.05) is 23.7 Å². The van der Waals surface area contributed by atoms with E-state index in [1.807, 2.05) is 0 Å². The SMILES string of the molecule is CN(C(=O)c1cc(Br)cnc1Cl)c1ccccc1C(=O)O. The molecular formula is C14H10BrClN2O3. The number of rotatable bonds is 3. The summed E-state index contributed by atoms with van der Waals surface area (Å²) in [5, 5.41) is 9.24. The third-order valence-corrected chi connectivity index (χ3v) is 3.57.